The first-order chi connectivity index (χ1) is 13.1. The van der Waals surface area contributed by atoms with Crippen LogP contribution >= 0.6 is 0 Å². The van der Waals surface area contributed by atoms with Crippen molar-refractivity contribution in [2.45, 2.75) is 19.9 Å². The smallest absolute Gasteiger partial charge is 0.270 e. The van der Waals surface area contributed by atoms with Gasteiger partial charge in [-0.05, 0) is 48.2 Å². The molecule has 4 nitrogen and oxygen atoms in total. The van der Waals surface area contributed by atoms with Crippen LogP contribution in [0.5, 0.6) is 0 Å². The second kappa shape index (κ2) is 8.94. The zero-order valence-electron chi connectivity index (χ0n) is 15.2. The second-order valence-corrected chi connectivity index (χ2v) is 6.31. The first kappa shape index (κ1) is 18.6. The van der Waals surface area contributed by atoms with E-state index in [-0.39, 0.29) is 11.7 Å². The van der Waals surface area contributed by atoms with E-state index in [9.17, 15) is 9.18 Å². The molecule has 0 bridgehead atoms. The highest BCUT2D eigenvalue weighted by Crippen LogP contribution is 2.10. The number of amides is 1. The third kappa shape index (κ3) is 5.14. The Bertz CT molecular complexity index is 909. The summed E-state index contributed by atoms with van der Waals surface area (Å²) in [7, 11) is 0. The molecule has 0 unspecified atom stereocenters. The Labute approximate surface area is 158 Å². The SMILES string of the molecule is Cc1ccccc1CNC(=O)c1ccc(NCCc2ccccc2F)cn1. The van der Waals surface area contributed by atoms with Crippen LogP contribution in [0.1, 0.15) is 27.2 Å². The van der Waals surface area contributed by atoms with Crippen LogP contribution in [0.15, 0.2) is 66.9 Å². The molecule has 0 aliphatic rings. The van der Waals surface area contributed by atoms with Gasteiger partial charge in [0.1, 0.15) is 11.5 Å². The van der Waals surface area contributed by atoms with Gasteiger partial charge in [-0.3, -0.25) is 4.79 Å². The van der Waals surface area contributed by atoms with Crippen LogP contribution in [0.3, 0.4) is 0 Å². The van der Waals surface area contributed by atoms with Crippen molar-refractivity contribution in [3.8, 4) is 0 Å². The molecule has 1 aromatic heterocycles. The van der Waals surface area contributed by atoms with E-state index in [0.717, 1.165) is 16.8 Å². The first-order valence-electron chi connectivity index (χ1n) is 8.89. The molecule has 0 aliphatic heterocycles. The van der Waals surface area contributed by atoms with Crippen molar-refractivity contribution >= 4 is 11.6 Å². The minimum atomic E-state index is -0.212. The predicted molar refractivity (Wildman–Crippen MR) is 105 cm³/mol. The molecule has 2 aromatic carbocycles. The maximum atomic E-state index is 13.6. The lowest BCUT2D eigenvalue weighted by molar-refractivity contribution is 0.0946. The standard InChI is InChI=1S/C22H22FN3O/c1-16-6-2-3-8-18(16)14-26-22(27)21-11-10-19(15-25-21)24-13-12-17-7-4-5-9-20(17)23/h2-11,15,24H,12-14H2,1H3,(H,26,27). The van der Waals surface area contributed by atoms with Crippen molar-refractivity contribution in [3.05, 3.63) is 95.1 Å². The first-order valence-corrected chi connectivity index (χ1v) is 8.89. The highest BCUT2D eigenvalue weighted by Gasteiger charge is 2.08. The molecule has 0 radical (unpaired) electrons. The van der Waals surface area contributed by atoms with Crippen molar-refractivity contribution in [2.24, 2.45) is 0 Å². The Kier molecular flexibility index (Phi) is 6.15. The van der Waals surface area contributed by atoms with E-state index in [2.05, 4.69) is 15.6 Å². The third-order valence-electron chi connectivity index (χ3n) is 4.38. The predicted octanol–water partition coefficient (Wildman–Crippen LogP) is 4.11. The van der Waals surface area contributed by atoms with Gasteiger partial charge in [0.25, 0.3) is 5.91 Å². The lowest BCUT2D eigenvalue weighted by Crippen LogP contribution is -2.24. The number of carbonyl (C=O) groups is 1. The number of nitrogens with zero attached hydrogens (tertiary/aromatic N) is 1. The highest BCUT2D eigenvalue weighted by atomic mass is 19.1. The van der Waals surface area contributed by atoms with Crippen molar-refractivity contribution in [1.82, 2.24) is 10.3 Å². The Morgan fingerprint density at radius 3 is 2.44 bits per heavy atom. The topological polar surface area (TPSA) is 54.0 Å². The molecule has 0 saturated carbocycles. The molecule has 0 spiro atoms. The van der Waals surface area contributed by atoms with Crippen LogP contribution < -0.4 is 10.6 Å². The Balaban J connectivity index is 1.50. The summed E-state index contributed by atoms with van der Waals surface area (Å²) in [5.74, 6) is -0.408. The number of halogens is 1. The number of aromatic nitrogens is 1. The number of hydrogen-bond donors (Lipinski definition) is 2. The molecule has 5 heteroatoms. The summed E-state index contributed by atoms with van der Waals surface area (Å²) in [6, 6.07) is 18.2. The summed E-state index contributed by atoms with van der Waals surface area (Å²) in [6.07, 6.45) is 2.19. The van der Waals surface area contributed by atoms with Gasteiger partial charge in [0.15, 0.2) is 0 Å². The molecule has 0 aliphatic carbocycles. The van der Waals surface area contributed by atoms with E-state index in [1.54, 1.807) is 30.5 Å². The summed E-state index contributed by atoms with van der Waals surface area (Å²) in [6.45, 7) is 3.07. The van der Waals surface area contributed by atoms with Crippen LogP contribution in [0.2, 0.25) is 0 Å². The van der Waals surface area contributed by atoms with Gasteiger partial charge in [-0.25, -0.2) is 9.37 Å². The molecule has 0 fully saturated rings. The lowest BCUT2D eigenvalue weighted by atomic mass is 10.1. The summed E-state index contributed by atoms with van der Waals surface area (Å²) < 4.78 is 13.6. The lowest BCUT2D eigenvalue weighted by Gasteiger charge is -2.09. The van der Waals surface area contributed by atoms with Crippen molar-refractivity contribution in [3.63, 3.8) is 0 Å². The molecule has 1 amide bonds. The number of pyridine rings is 1. The fourth-order valence-corrected chi connectivity index (χ4v) is 2.75. The Morgan fingerprint density at radius 2 is 1.74 bits per heavy atom. The van der Waals surface area contributed by atoms with Gasteiger partial charge in [-0.1, -0.05) is 42.5 Å². The Hall–Kier alpha value is -3.21. The normalized spacial score (nSPS) is 10.4. The highest BCUT2D eigenvalue weighted by molar-refractivity contribution is 5.92. The van der Waals surface area contributed by atoms with Crippen LogP contribution in [-0.2, 0) is 13.0 Å². The van der Waals surface area contributed by atoms with E-state index >= 15 is 0 Å². The zero-order chi connectivity index (χ0) is 19.1. The summed E-state index contributed by atoms with van der Waals surface area (Å²) in [4.78, 5) is 16.4. The van der Waals surface area contributed by atoms with Gasteiger partial charge in [-0.15, -0.1) is 0 Å². The summed E-state index contributed by atoms with van der Waals surface area (Å²) in [5, 5.41) is 6.07. The molecule has 3 rings (SSSR count). The minimum Gasteiger partial charge on any atom is -0.383 e. The van der Waals surface area contributed by atoms with E-state index in [0.29, 0.717) is 30.8 Å². The molecule has 0 saturated heterocycles. The molecular weight excluding hydrogens is 341 g/mol. The number of nitrogens with one attached hydrogen (secondary N) is 2. The fraction of sp³-hybridized carbons (Fsp3) is 0.182. The number of aryl methyl sites for hydroxylation is 1. The molecule has 138 valence electrons. The van der Waals surface area contributed by atoms with Crippen molar-refractivity contribution in [2.75, 3.05) is 11.9 Å². The largest absolute Gasteiger partial charge is 0.383 e. The average Bonchev–Trinajstić information content (AvgIpc) is 2.69. The van der Waals surface area contributed by atoms with Crippen LogP contribution in [0.25, 0.3) is 0 Å². The quantitative estimate of drug-likeness (QED) is 0.664. The van der Waals surface area contributed by atoms with E-state index in [4.69, 9.17) is 0 Å². The average molecular weight is 363 g/mol. The third-order valence-corrected chi connectivity index (χ3v) is 4.38. The fourth-order valence-electron chi connectivity index (χ4n) is 2.75. The van der Waals surface area contributed by atoms with E-state index in [1.807, 2.05) is 37.3 Å². The van der Waals surface area contributed by atoms with Gasteiger partial charge in [0, 0.05) is 13.1 Å². The van der Waals surface area contributed by atoms with Gasteiger partial charge in [0.2, 0.25) is 0 Å². The van der Waals surface area contributed by atoms with Crippen LogP contribution in [0, 0.1) is 12.7 Å². The second-order valence-electron chi connectivity index (χ2n) is 6.31. The number of carbonyl (C=O) groups excluding carboxylic acids is 1. The molecule has 27 heavy (non-hydrogen) atoms. The number of benzene rings is 2. The van der Waals surface area contributed by atoms with Gasteiger partial charge in [-0.2, -0.15) is 0 Å². The summed E-state index contributed by atoms with van der Waals surface area (Å²) >= 11 is 0. The maximum absolute atomic E-state index is 13.6. The zero-order valence-corrected chi connectivity index (χ0v) is 15.2. The van der Waals surface area contributed by atoms with Crippen molar-refractivity contribution in [1.29, 1.82) is 0 Å². The molecule has 0 atom stereocenters. The van der Waals surface area contributed by atoms with Gasteiger partial charge < -0.3 is 10.6 Å². The van der Waals surface area contributed by atoms with Crippen molar-refractivity contribution < 1.29 is 9.18 Å². The molecule has 3 aromatic rings. The molecular formula is C22H22FN3O. The van der Waals surface area contributed by atoms with Gasteiger partial charge in [0.05, 0.1) is 11.9 Å². The van der Waals surface area contributed by atoms with Crippen LogP contribution in [-0.4, -0.2) is 17.4 Å². The maximum Gasteiger partial charge on any atom is 0.270 e. The number of hydrogen-bond acceptors (Lipinski definition) is 3. The van der Waals surface area contributed by atoms with E-state index < -0.39 is 0 Å². The van der Waals surface area contributed by atoms with Crippen LogP contribution in [0.4, 0.5) is 10.1 Å². The monoisotopic (exact) mass is 363 g/mol. The Morgan fingerprint density at radius 1 is 1.00 bits per heavy atom. The summed E-state index contributed by atoms with van der Waals surface area (Å²) in [5.41, 5.74) is 4.05. The minimum absolute atomic E-state index is 0.196. The van der Waals surface area contributed by atoms with E-state index in [1.165, 1.54) is 6.07 Å². The molecule has 2 N–H and O–H groups in total. The number of anilines is 1. The van der Waals surface area contributed by atoms with Gasteiger partial charge >= 0.3 is 0 Å². The molecule has 1 heterocycles. The number of rotatable bonds is 7.